The summed E-state index contributed by atoms with van der Waals surface area (Å²) in [5, 5.41) is 12.4. The van der Waals surface area contributed by atoms with Crippen LogP contribution >= 0.6 is 11.8 Å². The highest BCUT2D eigenvalue weighted by atomic mass is 32.2. The fourth-order valence-electron chi connectivity index (χ4n) is 1.30. The number of carbonyl (C=O) groups is 1. The summed E-state index contributed by atoms with van der Waals surface area (Å²) >= 11 is 1.45. The van der Waals surface area contributed by atoms with Gasteiger partial charge in [-0.3, -0.25) is 0 Å². The second-order valence-corrected chi connectivity index (χ2v) is 4.03. The van der Waals surface area contributed by atoms with Crippen molar-refractivity contribution in [2.24, 2.45) is 0 Å². The minimum atomic E-state index is -0.985. The molecule has 5 nitrogen and oxygen atoms in total. The topological polar surface area (TPSA) is 75.1 Å². The Kier molecular flexibility index (Phi) is 4.96. The molecule has 2 N–H and O–H groups in total. The highest BCUT2D eigenvalue weighted by Gasteiger charge is 2.08. The van der Waals surface area contributed by atoms with E-state index in [4.69, 9.17) is 5.11 Å². The molecule has 0 radical (unpaired) electrons. The van der Waals surface area contributed by atoms with E-state index in [2.05, 4.69) is 15.3 Å². The molecule has 1 aromatic heterocycles. The van der Waals surface area contributed by atoms with Gasteiger partial charge in [-0.15, -0.1) is 0 Å². The third-order valence-electron chi connectivity index (χ3n) is 2.04. The maximum Gasteiger partial charge on any atom is 0.328 e. The first-order chi connectivity index (χ1) is 8.08. The van der Waals surface area contributed by atoms with E-state index in [1.165, 1.54) is 17.8 Å². The molecule has 0 aromatic carbocycles. The lowest BCUT2D eigenvalue weighted by atomic mass is 10.2. The van der Waals surface area contributed by atoms with Crippen molar-refractivity contribution in [3.05, 3.63) is 17.3 Å². The summed E-state index contributed by atoms with van der Waals surface area (Å²) in [4.78, 5) is 19.1. The van der Waals surface area contributed by atoms with E-state index in [-0.39, 0.29) is 0 Å². The van der Waals surface area contributed by atoms with Crippen molar-refractivity contribution in [2.75, 3.05) is 18.1 Å². The molecule has 0 saturated carbocycles. The molecule has 92 valence electrons. The highest BCUT2D eigenvalue weighted by Crippen LogP contribution is 2.21. The molecule has 0 fully saturated rings. The van der Waals surface area contributed by atoms with Crippen molar-refractivity contribution in [1.29, 1.82) is 0 Å². The van der Waals surface area contributed by atoms with Gasteiger partial charge >= 0.3 is 5.97 Å². The lowest BCUT2D eigenvalue weighted by molar-refractivity contribution is -0.131. The maximum absolute atomic E-state index is 10.5. The van der Waals surface area contributed by atoms with Crippen molar-refractivity contribution >= 4 is 29.6 Å². The Morgan fingerprint density at radius 2 is 2.24 bits per heavy atom. The number of aryl methyl sites for hydroxylation is 1. The second kappa shape index (κ2) is 6.24. The summed E-state index contributed by atoms with van der Waals surface area (Å²) in [5.41, 5.74) is 1.48. The molecule has 0 aliphatic heterocycles. The number of carboxylic acid groups (broad SMARTS) is 1. The third kappa shape index (κ3) is 3.74. The minimum Gasteiger partial charge on any atom is -0.478 e. The second-order valence-electron chi connectivity index (χ2n) is 3.26. The van der Waals surface area contributed by atoms with E-state index >= 15 is 0 Å². The molecule has 1 heterocycles. The SMILES string of the molecule is CCNc1nc(SC)nc(C)c1/C=C/C(=O)O. The van der Waals surface area contributed by atoms with Crippen LogP contribution in [0.1, 0.15) is 18.2 Å². The fraction of sp³-hybridized carbons (Fsp3) is 0.364. The van der Waals surface area contributed by atoms with Gasteiger partial charge in [-0.25, -0.2) is 14.8 Å². The summed E-state index contributed by atoms with van der Waals surface area (Å²) in [6.07, 6.45) is 4.50. The van der Waals surface area contributed by atoms with Crippen molar-refractivity contribution in [3.8, 4) is 0 Å². The van der Waals surface area contributed by atoms with E-state index in [1.54, 1.807) is 0 Å². The summed E-state index contributed by atoms with van der Waals surface area (Å²) in [6, 6.07) is 0. The predicted octanol–water partition coefficient (Wildman–Crippen LogP) is 2.04. The zero-order valence-corrected chi connectivity index (χ0v) is 10.8. The number of nitrogens with zero attached hydrogens (tertiary/aromatic N) is 2. The molecule has 0 atom stereocenters. The summed E-state index contributed by atoms with van der Waals surface area (Å²) in [7, 11) is 0. The molecular formula is C11H15N3O2S. The smallest absolute Gasteiger partial charge is 0.328 e. The van der Waals surface area contributed by atoms with Gasteiger partial charge in [-0.1, -0.05) is 11.8 Å². The van der Waals surface area contributed by atoms with Crippen molar-refractivity contribution in [1.82, 2.24) is 9.97 Å². The molecular weight excluding hydrogens is 238 g/mol. The molecule has 0 amide bonds. The Balaban J connectivity index is 3.20. The Hall–Kier alpha value is -1.56. The van der Waals surface area contributed by atoms with Crippen LogP contribution in [0.5, 0.6) is 0 Å². The van der Waals surface area contributed by atoms with E-state index in [9.17, 15) is 4.79 Å². The predicted molar refractivity (Wildman–Crippen MR) is 69.4 cm³/mol. The molecule has 0 spiro atoms. The molecule has 0 bridgehead atoms. The van der Waals surface area contributed by atoms with Gasteiger partial charge < -0.3 is 10.4 Å². The molecule has 1 rings (SSSR count). The fourth-order valence-corrected chi connectivity index (χ4v) is 1.71. The van der Waals surface area contributed by atoms with Crippen LogP contribution in [-0.2, 0) is 4.79 Å². The molecule has 17 heavy (non-hydrogen) atoms. The number of aliphatic carboxylic acids is 1. The van der Waals surface area contributed by atoms with E-state index in [0.717, 1.165) is 18.3 Å². The molecule has 0 unspecified atom stereocenters. The van der Waals surface area contributed by atoms with Crippen LogP contribution in [0.2, 0.25) is 0 Å². The molecule has 1 aromatic rings. The number of hydrogen-bond acceptors (Lipinski definition) is 5. The van der Waals surface area contributed by atoms with Gasteiger partial charge in [-0.2, -0.15) is 0 Å². The number of anilines is 1. The Morgan fingerprint density at radius 3 is 2.76 bits per heavy atom. The number of rotatable bonds is 5. The lowest BCUT2D eigenvalue weighted by Crippen LogP contribution is -2.06. The quantitative estimate of drug-likeness (QED) is 0.475. The first-order valence-corrected chi connectivity index (χ1v) is 6.38. The number of carboxylic acids is 1. The van der Waals surface area contributed by atoms with Gasteiger partial charge in [-0.05, 0) is 26.2 Å². The van der Waals surface area contributed by atoms with Gasteiger partial charge in [0.25, 0.3) is 0 Å². The minimum absolute atomic E-state index is 0.668. The van der Waals surface area contributed by atoms with Crippen molar-refractivity contribution in [2.45, 2.75) is 19.0 Å². The normalized spacial score (nSPS) is 10.8. The van der Waals surface area contributed by atoms with Gasteiger partial charge in [0.15, 0.2) is 5.16 Å². The van der Waals surface area contributed by atoms with Crippen LogP contribution < -0.4 is 5.32 Å². The maximum atomic E-state index is 10.5. The summed E-state index contributed by atoms with van der Waals surface area (Å²) < 4.78 is 0. The average molecular weight is 253 g/mol. The standard InChI is InChI=1S/C11H15N3O2S/c1-4-12-10-8(5-6-9(15)16)7(2)13-11(14-10)17-3/h5-6H,4H2,1-3H3,(H,15,16)(H,12,13,14)/b6-5+. The molecule has 0 aliphatic carbocycles. The first kappa shape index (κ1) is 13.5. The van der Waals surface area contributed by atoms with E-state index < -0.39 is 5.97 Å². The lowest BCUT2D eigenvalue weighted by Gasteiger charge is -2.10. The first-order valence-electron chi connectivity index (χ1n) is 5.16. The molecule has 0 aliphatic rings. The van der Waals surface area contributed by atoms with Crippen LogP contribution in [0.15, 0.2) is 11.2 Å². The van der Waals surface area contributed by atoms with Crippen LogP contribution in [0.25, 0.3) is 6.08 Å². The zero-order chi connectivity index (χ0) is 12.8. The number of hydrogen-bond donors (Lipinski definition) is 2. The van der Waals surface area contributed by atoms with Crippen molar-refractivity contribution < 1.29 is 9.90 Å². The van der Waals surface area contributed by atoms with Gasteiger partial charge in [0.1, 0.15) is 5.82 Å². The van der Waals surface area contributed by atoms with Crippen LogP contribution in [0, 0.1) is 6.92 Å². The Morgan fingerprint density at radius 1 is 1.53 bits per heavy atom. The monoisotopic (exact) mass is 253 g/mol. The largest absolute Gasteiger partial charge is 0.478 e. The van der Waals surface area contributed by atoms with Crippen LogP contribution in [-0.4, -0.2) is 33.8 Å². The number of thioether (sulfide) groups is 1. The van der Waals surface area contributed by atoms with Gasteiger partial charge in [0.05, 0.1) is 5.69 Å². The number of nitrogens with one attached hydrogen (secondary N) is 1. The third-order valence-corrected chi connectivity index (χ3v) is 2.58. The average Bonchev–Trinajstić information content (AvgIpc) is 2.27. The Bertz CT molecular complexity index is 447. The van der Waals surface area contributed by atoms with Gasteiger partial charge in [0, 0.05) is 18.2 Å². The van der Waals surface area contributed by atoms with Crippen molar-refractivity contribution in [3.63, 3.8) is 0 Å². The van der Waals surface area contributed by atoms with E-state index in [0.29, 0.717) is 16.5 Å². The molecule has 6 heteroatoms. The highest BCUT2D eigenvalue weighted by molar-refractivity contribution is 7.98. The van der Waals surface area contributed by atoms with E-state index in [1.807, 2.05) is 20.1 Å². The molecule has 0 saturated heterocycles. The Labute approximate surface area is 104 Å². The van der Waals surface area contributed by atoms with Gasteiger partial charge in [0.2, 0.25) is 0 Å². The summed E-state index contributed by atoms with van der Waals surface area (Å²) in [5.74, 6) is -0.317. The van der Waals surface area contributed by atoms with Crippen LogP contribution in [0.3, 0.4) is 0 Å². The zero-order valence-electron chi connectivity index (χ0n) is 10.0. The van der Waals surface area contributed by atoms with Crippen LogP contribution in [0.4, 0.5) is 5.82 Å². The number of aromatic nitrogens is 2. The summed E-state index contributed by atoms with van der Waals surface area (Å²) in [6.45, 7) is 4.52.